The normalized spacial score (nSPS) is 12.8. The molecule has 0 aliphatic heterocycles. The lowest BCUT2D eigenvalue weighted by molar-refractivity contribution is 0.136. The highest BCUT2D eigenvalue weighted by Crippen LogP contribution is 2.28. The zero-order chi connectivity index (χ0) is 14.4. The van der Waals surface area contributed by atoms with E-state index in [4.69, 9.17) is 4.74 Å². The van der Waals surface area contributed by atoms with Gasteiger partial charge in [0.25, 0.3) is 0 Å². The van der Waals surface area contributed by atoms with Crippen molar-refractivity contribution in [2.24, 2.45) is 5.92 Å². The van der Waals surface area contributed by atoms with Crippen molar-refractivity contribution in [2.45, 2.75) is 26.5 Å². The first-order chi connectivity index (χ1) is 9.70. The van der Waals surface area contributed by atoms with E-state index in [0.29, 0.717) is 5.92 Å². The number of nitrogens with zero attached hydrogens (tertiary/aromatic N) is 1. The molecule has 0 spiro atoms. The maximum absolute atomic E-state index is 5.61. The molecule has 1 aromatic heterocycles. The fourth-order valence-corrected chi connectivity index (χ4v) is 3.01. The summed E-state index contributed by atoms with van der Waals surface area (Å²) in [7, 11) is 1.73. The second-order valence-corrected chi connectivity index (χ2v) is 6.36. The molecule has 0 saturated heterocycles. The van der Waals surface area contributed by atoms with Crippen LogP contribution in [0.2, 0.25) is 0 Å². The van der Waals surface area contributed by atoms with E-state index in [1.54, 1.807) is 18.4 Å². The molecular weight excluding hydrogens is 268 g/mol. The van der Waals surface area contributed by atoms with Crippen LogP contribution in [0.1, 0.15) is 35.4 Å². The first-order valence-electron chi connectivity index (χ1n) is 6.93. The average Bonchev–Trinajstić information content (AvgIpc) is 2.89. The minimum absolute atomic E-state index is 0.0694. The van der Waals surface area contributed by atoms with Crippen molar-refractivity contribution in [2.75, 3.05) is 13.7 Å². The molecule has 0 bridgehead atoms. The lowest BCUT2D eigenvalue weighted by Crippen LogP contribution is -2.18. The van der Waals surface area contributed by atoms with Crippen molar-refractivity contribution in [1.82, 2.24) is 10.3 Å². The van der Waals surface area contributed by atoms with Crippen LogP contribution >= 0.6 is 11.3 Å². The number of hydrogen-bond acceptors (Lipinski definition) is 4. The fourth-order valence-electron chi connectivity index (χ4n) is 2.02. The van der Waals surface area contributed by atoms with E-state index in [9.17, 15) is 0 Å². The molecule has 0 fully saturated rings. The summed E-state index contributed by atoms with van der Waals surface area (Å²) in [6, 6.07) is 10.2. The number of ether oxygens (including phenoxy) is 1. The monoisotopic (exact) mass is 290 g/mol. The van der Waals surface area contributed by atoms with Gasteiger partial charge in [-0.1, -0.05) is 44.2 Å². The smallest absolute Gasteiger partial charge is 0.134 e. The molecule has 1 heterocycles. The van der Waals surface area contributed by atoms with Crippen LogP contribution in [0.5, 0.6) is 0 Å². The molecule has 3 nitrogen and oxygen atoms in total. The Bertz CT molecular complexity index is 510. The highest BCUT2D eigenvalue weighted by Gasteiger charge is 2.16. The van der Waals surface area contributed by atoms with Crippen LogP contribution in [0.4, 0.5) is 0 Å². The van der Waals surface area contributed by atoms with Gasteiger partial charge in [0.1, 0.15) is 11.1 Å². The third-order valence-corrected chi connectivity index (χ3v) is 4.03. The van der Waals surface area contributed by atoms with Gasteiger partial charge in [0.15, 0.2) is 0 Å². The maximum Gasteiger partial charge on any atom is 0.134 e. The molecule has 0 saturated carbocycles. The number of thiazole rings is 1. The number of nitrogens with one attached hydrogen (secondary N) is 1. The van der Waals surface area contributed by atoms with Gasteiger partial charge in [-0.05, 0) is 18.0 Å². The maximum atomic E-state index is 5.61. The largest absolute Gasteiger partial charge is 0.370 e. The lowest BCUT2D eigenvalue weighted by atomic mass is 10.1. The lowest BCUT2D eigenvalue weighted by Gasteiger charge is -2.12. The number of rotatable bonds is 7. The molecule has 0 radical (unpaired) electrons. The van der Waals surface area contributed by atoms with Crippen LogP contribution in [0.15, 0.2) is 36.5 Å². The van der Waals surface area contributed by atoms with Gasteiger partial charge in [0.2, 0.25) is 0 Å². The summed E-state index contributed by atoms with van der Waals surface area (Å²) in [6.07, 6.45) is 1.88. The Balaban J connectivity index is 2.03. The number of methoxy groups -OCH3 is 1. The molecule has 20 heavy (non-hydrogen) atoms. The van der Waals surface area contributed by atoms with Crippen LogP contribution in [0.25, 0.3) is 0 Å². The van der Waals surface area contributed by atoms with Crippen LogP contribution < -0.4 is 5.32 Å². The summed E-state index contributed by atoms with van der Waals surface area (Å²) >= 11 is 1.71. The summed E-state index contributed by atoms with van der Waals surface area (Å²) in [5, 5.41) is 4.45. The van der Waals surface area contributed by atoms with Gasteiger partial charge < -0.3 is 10.1 Å². The first kappa shape index (κ1) is 15.2. The van der Waals surface area contributed by atoms with Gasteiger partial charge in [-0.2, -0.15) is 0 Å². The zero-order valence-electron chi connectivity index (χ0n) is 12.3. The molecule has 2 aromatic rings. The fraction of sp³-hybridized carbons (Fsp3) is 0.438. The molecule has 2 rings (SSSR count). The molecule has 1 unspecified atom stereocenters. The number of aromatic nitrogens is 1. The molecule has 1 aromatic carbocycles. The Hall–Kier alpha value is -1.23. The minimum Gasteiger partial charge on any atom is -0.370 e. The summed E-state index contributed by atoms with van der Waals surface area (Å²) in [4.78, 5) is 5.76. The first-order valence-corrected chi connectivity index (χ1v) is 7.75. The van der Waals surface area contributed by atoms with E-state index in [-0.39, 0.29) is 6.10 Å². The van der Waals surface area contributed by atoms with Gasteiger partial charge in [-0.25, -0.2) is 4.98 Å². The topological polar surface area (TPSA) is 34.1 Å². The molecule has 0 amide bonds. The van der Waals surface area contributed by atoms with Crippen molar-refractivity contribution in [3.63, 3.8) is 0 Å². The molecule has 108 valence electrons. The minimum atomic E-state index is -0.0694. The van der Waals surface area contributed by atoms with Crippen molar-refractivity contribution in [1.29, 1.82) is 0 Å². The van der Waals surface area contributed by atoms with E-state index in [1.807, 2.05) is 24.4 Å². The third-order valence-electron chi connectivity index (χ3n) is 2.99. The van der Waals surface area contributed by atoms with Gasteiger partial charge in [-0.3, -0.25) is 0 Å². The van der Waals surface area contributed by atoms with E-state index in [0.717, 1.165) is 23.7 Å². The van der Waals surface area contributed by atoms with E-state index >= 15 is 0 Å². The van der Waals surface area contributed by atoms with Gasteiger partial charge in [0.05, 0.1) is 0 Å². The summed E-state index contributed by atoms with van der Waals surface area (Å²) in [5.41, 5.74) is 1.14. The molecule has 1 atom stereocenters. The number of benzene rings is 1. The van der Waals surface area contributed by atoms with Gasteiger partial charge >= 0.3 is 0 Å². The van der Waals surface area contributed by atoms with Crippen molar-refractivity contribution in [3.8, 4) is 0 Å². The van der Waals surface area contributed by atoms with E-state index < -0.39 is 0 Å². The van der Waals surface area contributed by atoms with Gasteiger partial charge in [-0.15, -0.1) is 11.3 Å². The zero-order valence-corrected chi connectivity index (χ0v) is 13.1. The predicted molar refractivity (Wildman–Crippen MR) is 84.0 cm³/mol. The van der Waals surface area contributed by atoms with Crippen LogP contribution in [0.3, 0.4) is 0 Å². The molecule has 0 aliphatic carbocycles. The van der Waals surface area contributed by atoms with E-state index in [1.165, 1.54) is 4.88 Å². The van der Waals surface area contributed by atoms with Crippen LogP contribution in [-0.2, 0) is 11.3 Å². The summed E-state index contributed by atoms with van der Waals surface area (Å²) in [5.74, 6) is 0.665. The second-order valence-electron chi connectivity index (χ2n) is 5.22. The van der Waals surface area contributed by atoms with Crippen molar-refractivity contribution < 1.29 is 4.74 Å². The standard InChI is InChI=1S/C16H22N2OS/c1-12(2)9-17-10-14-11-18-16(20-14)15(19-3)13-7-5-4-6-8-13/h4-8,11-12,15,17H,9-10H2,1-3H3. The Morgan fingerprint density at radius 3 is 2.65 bits per heavy atom. The summed E-state index contributed by atoms with van der Waals surface area (Å²) in [6.45, 7) is 6.32. The Labute approximate surface area is 125 Å². The highest BCUT2D eigenvalue weighted by atomic mass is 32.1. The van der Waals surface area contributed by atoms with Crippen molar-refractivity contribution >= 4 is 11.3 Å². The average molecular weight is 290 g/mol. The molecule has 4 heteroatoms. The highest BCUT2D eigenvalue weighted by molar-refractivity contribution is 7.11. The third kappa shape index (κ3) is 4.13. The van der Waals surface area contributed by atoms with Gasteiger partial charge in [0, 0.05) is 24.7 Å². The molecule has 0 aliphatic rings. The number of hydrogen-bond donors (Lipinski definition) is 1. The quantitative estimate of drug-likeness (QED) is 0.845. The Morgan fingerprint density at radius 2 is 2.00 bits per heavy atom. The SMILES string of the molecule is COC(c1ccccc1)c1ncc(CNCC(C)C)s1. The Kier molecular flexibility index (Phi) is 5.71. The van der Waals surface area contributed by atoms with Crippen molar-refractivity contribution in [3.05, 3.63) is 52.0 Å². The molecular formula is C16H22N2OS. The molecule has 1 N–H and O–H groups in total. The predicted octanol–water partition coefficient (Wildman–Crippen LogP) is 3.62. The summed E-state index contributed by atoms with van der Waals surface area (Å²) < 4.78 is 5.61. The second kappa shape index (κ2) is 7.53. The van der Waals surface area contributed by atoms with E-state index in [2.05, 4.69) is 36.3 Å². The van der Waals surface area contributed by atoms with Crippen LogP contribution in [0, 0.1) is 5.92 Å². The Morgan fingerprint density at radius 1 is 1.25 bits per heavy atom. The van der Waals surface area contributed by atoms with Crippen LogP contribution in [-0.4, -0.2) is 18.6 Å².